The number of nitrogens with one attached hydrogen (secondary N) is 1. The van der Waals surface area contributed by atoms with E-state index < -0.39 is 0 Å². The Morgan fingerprint density at radius 2 is 1.84 bits per heavy atom. The second-order valence-electron chi connectivity index (χ2n) is 7.34. The number of nitrogens with zero attached hydrogens (tertiary/aromatic N) is 1. The van der Waals surface area contributed by atoms with Crippen LogP contribution in [0.25, 0.3) is 0 Å². The van der Waals surface area contributed by atoms with E-state index in [1.54, 1.807) is 0 Å². The topological polar surface area (TPSA) is 24.5 Å². The van der Waals surface area contributed by atoms with Gasteiger partial charge in [-0.1, -0.05) is 12.8 Å². The van der Waals surface area contributed by atoms with Gasteiger partial charge in [0.2, 0.25) is 0 Å². The highest BCUT2D eigenvalue weighted by Crippen LogP contribution is 2.40. The van der Waals surface area contributed by atoms with Crippen molar-refractivity contribution < 1.29 is 4.74 Å². The van der Waals surface area contributed by atoms with Crippen molar-refractivity contribution in [3.8, 4) is 0 Å². The van der Waals surface area contributed by atoms with E-state index in [1.807, 2.05) is 0 Å². The lowest BCUT2D eigenvalue weighted by atomic mass is 9.82. The molecule has 0 amide bonds. The van der Waals surface area contributed by atoms with Crippen LogP contribution in [0.5, 0.6) is 0 Å². The predicted molar refractivity (Wildman–Crippen MR) is 76.3 cm³/mol. The quantitative estimate of drug-likeness (QED) is 0.827. The summed E-state index contributed by atoms with van der Waals surface area (Å²) in [4.78, 5) is 2.66. The Balaban J connectivity index is 1.37. The zero-order valence-corrected chi connectivity index (χ0v) is 12.1. The van der Waals surface area contributed by atoms with Crippen LogP contribution in [0.15, 0.2) is 0 Å². The second kappa shape index (κ2) is 5.01. The van der Waals surface area contributed by atoms with Crippen molar-refractivity contribution in [1.29, 1.82) is 0 Å². The van der Waals surface area contributed by atoms with E-state index in [0.717, 1.165) is 24.6 Å². The summed E-state index contributed by atoms with van der Waals surface area (Å²) in [5.41, 5.74) is 0.268. The number of hydrogen-bond donors (Lipinski definition) is 1. The number of hydrogen-bond acceptors (Lipinski definition) is 3. The molecule has 2 unspecified atom stereocenters. The monoisotopic (exact) mass is 264 g/mol. The maximum absolute atomic E-state index is 6.16. The first-order valence-corrected chi connectivity index (χ1v) is 8.45. The molecule has 5 rings (SSSR count). The Labute approximate surface area is 117 Å². The summed E-state index contributed by atoms with van der Waals surface area (Å²) in [6.45, 7) is 4.98. The fourth-order valence-corrected chi connectivity index (χ4v) is 4.99. The Bertz CT molecular complexity index is 319. The Morgan fingerprint density at radius 3 is 2.53 bits per heavy atom. The van der Waals surface area contributed by atoms with E-state index in [9.17, 15) is 0 Å². The van der Waals surface area contributed by atoms with Crippen molar-refractivity contribution in [2.24, 2.45) is 5.92 Å². The fourth-order valence-electron chi connectivity index (χ4n) is 4.99. The first-order chi connectivity index (χ1) is 9.33. The summed E-state index contributed by atoms with van der Waals surface area (Å²) < 4.78 is 6.16. The molecule has 3 heteroatoms. The van der Waals surface area contributed by atoms with E-state index in [4.69, 9.17) is 4.74 Å². The molecule has 4 heterocycles. The fraction of sp³-hybridized carbons (Fsp3) is 1.00. The molecule has 19 heavy (non-hydrogen) atoms. The van der Waals surface area contributed by atoms with Gasteiger partial charge < -0.3 is 15.0 Å². The van der Waals surface area contributed by atoms with Gasteiger partial charge in [0.05, 0.1) is 5.60 Å². The van der Waals surface area contributed by atoms with Crippen molar-refractivity contribution >= 4 is 0 Å². The summed E-state index contributed by atoms with van der Waals surface area (Å²) >= 11 is 0. The normalized spacial score (nSPS) is 44.8. The summed E-state index contributed by atoms with van der Waals surface area (Å²) in [5, 5.41) is 4.02. The van der Waals surface area contributed by atoms with Gasteiger partial charge in [0.1, 0.15) is 0 Å². The molecule has 2 bridgehead atoms. The molecule has 1 N–H and O–H groups in total. The first kappa shape index (κ1) is 12.6. The molecule has 0 aromatic rings. The number of ether oxygens (including phenoxy) is 1. The van der Waals surface area contributed by atoms with Crippen molar-refractivity contribution in [1.82, 2.24) is 10.2 Å². The summed E-state index contributed by atoms with van der Waals surface area (Å²) in [6, 6.07) is 1.49. The van der Waals surface area contributed by atoms with E-state index in [2.05, 4.69) is 10.2 Å². The van der Waals surface area contributed by atoms with Crippen LogP contribution in [0.3, 0.4) is 0 Å². The third kappa shape index (κ3) is 2.45. The lowest BCUT2D eigenvalue weighted by Gasteiger charge is -2.48. The van der Waals surface area contributed by atoms with Crippen LogP contribution in [-0.2, 0) is 4.74 Å². The van der Waals surface area contributed by atoms with Crippen LogP contribution in [0.1, 0.15) is 51.4 Å². The minimum atomic E-state index is 0.268. The molecule has 2 atom stereocenters. The van der Waals surface area contributed by atoms with Crippen LogP contribution in [-0.4, -0.2) is 48.8 Å². The van der Waals surface area contributed by atoms with Crippen molar-refractivity contribution in [2.75, 3.05) is 26.2 Å². The molecule has 0 aromatic carbocycles. The van der Waals surface area contributed by atoms with Gasteiger partial charge in [-0.05, 0) is 57.5 Å². The van der Waals surface area contributed by atoms with E-state index in [0.29, 0.717) is 0 Å². The van der Waals surface area contributed by atoms with Gasteiger partial charge in [-0.15, -0.1) is 0 Å². The Kier molecular flexibility index (Phi) is 3.33. The molecule has 0 aromatic heterocycles. The molecular formula is C16H28N2O. The number of fused-ring (bicyclic) bond motifs is 3. The third-order valence-corrected chi connectivity index (χ3v) is 6.11. The summed E-state index contributed by atoms with van der Waals surface area (Å²) in [6.07, 6.45) is 10.7. The molecule has 4 aliphatic heterocycles. The molecule has 1 saturated carbocycles. The van der Waals surface area contributed by atoms with Crippen molar-refractivity contribution in [3.05, 3.63) is 0 Å². The van der Waals surface area contributed by atoms with Crippen molar-refractivity contribution in [3.63, 3.8) is 0 Å². The lowest BCUT2D eigenvalue weighted by Crippen LogP contribution is -2.59. The first-order valence-electron chi connectivity index (χ1n) is 8.45. The van der Waals surface area contributed by atoms with Gasteiger partial charge in [-0.2, -0.15) is 0 Å². The second-order valence-corrected chi connectivity index (χ2v) is 7.34. The zero-order valence-electron chi connectivity index (χ0n) is 12.1. The van der Waals surface area contributed by atoms with E-state index in [1.165, 1.54) is 71.0 Å². The predicted octanol–water partition coefficient (Wildman–Crippen LogP) is 2.16. The molecule has 5 fully saturated rings. The molecule has 3 nitrogen and oxygen atoms in total. The highest BCUT2D eigenvalue weighted by Gasteiger charge is 2.42. The van der Waals surface area contributed by atoms with Crippen LogP contribution in [0.4, 0.5) is 0 Å². The van der Waals surface area contributed by atoms with Gasteiger partial charge in [-0.25, -0.2) is 0 Å². The number of rotatable bonds is 2. The van der Waals surface area contributed by atoms with Gasteiger partial charge in [-0.3, -0.25) is 0 Å². The maximum atomic E-state index is 6.16. The van der Waals surface area contributed by atoms with Gasteiger partial charge >= 0.3 is 0 Å². The van der Waals surface area contributed by atoms with Gasteiger partial charge in [0, 0.05) is 25.2 Å². The largest absolute Gasteiger partial charge is 0.375 e. The van der Waals surface area contributed by atoms with Crippen molar-refractivity contribution in [2.45, 2.75) is 69.1 Å². The standard InChI is InChI=1S/C16H28N2O/c1-2-7-16(6-1)11-14(5-10-19-16)17-15-12-18-8-3-13(15)4-9-18/h13-15,17H,1-12H2. The zero-order chi connectivity index (χ0) is 12.7. The lowest BCUT2D eigenvalue weighted by molar-refractivity contribution is -0.0875. The molecule has 4 saturated heterocycles. The minimum absolute atomic E-state index is 0.268. The number of piperidine rings is 3. The average molecular weight is 264 g/mol. The molecule has 1 aliphatic carbocycles. The van der Waals surface area contributed by atoms with Gasteiger partial charge in [0.15, 0.2) is 0 Å². The molecule has 0 radical (unpaired) electrons. The molecule has 1 spiro atoms. The van der Waals surface area contributed by atoms with Crippen LogP contribution in [0, 0.1) is 5.92 Å². The van der Waals surface area contributed by atoms with Crippen LogP contribution >= 0.6 is 0 Å². The van der Waals surface area contributed by atoms with Gasteiger partial charge in [0.25, 0.3) is 0 Å². The Hall–Kier alpha value is -0.120. The summed E-state index contributed by atoms with van der Waals surface area (Å²) in [7, 11) is 0. The molecule has 5 aliphatic rings. The van der Waals surface area contributed by atoms with E-state index >= 15 is 0 Å². The maximum Gasteiger partial charge on any atom is 0.0697 e. The van der Waals surface area contributed by atoms with Crippen LogP contribution < -0.4 is 5.32 Å². The van der Waals surface area contributed by atoms with E-state index in [-0.39, 0.29) is 5.60 Å². The average Bonchev–Trinajstić information content (AvgIpc) is 2.88. The highest BCUT2D eigenvalue weighted by atomic mass is 16.5. The molecule has 108 valence electrons. The molecular weight excluding hydrogens is 236 g/mol. The Morgan fingerprint density at radius 1 is 1.05 bits per heavy atom. The smallest absolute Gasteiger partial charge is 0.0697 e. The van der Waals surface area contributed by atoms with Crippen LogP contribution in [0.2, 0.25) is 0 Å². The highest BCUT2D eigenvalue weighted by molar-refractivity contribution is 4.97. The SMILES string of the molecule is C1CCC2(C1)CC(NC1CN3CCC1CC3)CCO2. The minimum Gasteiger partial charge on any atom is -0.375 e. The summed E-state index contributed by atoms with van der Waals surface area (Å²) in [5.74, 6) is 0.951. The third-order valence-electron chi connectivity index (χ3n) is 6.11.